The molecule has 2 aliphatic heterocycles. The van der Waals surface area contributed by atoms with Crippen LogP contribution in [0, 0.1) is 6.92 Å². The quantitative estimate of drug-likeness (QED) is 0.820. The predicted molar refractivity (Wildman–Crippen MR) is 91.5 cm³/mol. The summed E-state index contributed by atoms with van der Waals surface area (Å²) in [5, 5.41) is 0. The molecule has 3 heterocycles. The van der Waals surface area contributed by atoms with E-state index in [4.69, 9.17) is 4.74 Å². The lowest BCUT2D eigenvalue weighted by molar-refractivity contribution is -0.150. The molecule has 6 nitrogen and oxygen atoms in total. The summed E-state index contributed by atoms with van der Waals surface area (Å²) < 4.78 is 32.3. The smallest absolute Gasteiger partial charge is 0.253 e. The minimum atomic E-state index is -2.66. The first kappa shape index (κ1) is 17.6. The van der Waals surface area contributed by atoms with Gasteiger partial charge in [0.05, 0.1) is 13.2 Å². The number of likely N-dealkylation sites (tertiary alicyclic amines) is 1. The molecule has 0 bridgehead atoms. The Hall–Kier alpha value is -1.83. The van der Waals surface area contributed by atoms with Crippen molar-refractivity contribution in [1.29, 1.82) is 0 Å². The second-order valence-electron chi connectivity index (χ2n) is 7.49. The van der Waals surface area contributed by atoms with Gasteiger partial charge in [-0.3, -0.25) is 4.79 Å². The fourth-order valence-corrected chi connectivity index (χ4v) is 3.53. The molecule has 1 aliphatic carbocycles. The van der Waals surface area contributed by atoms with E-state index >= 15 is 0 Å². The van der Waals surface area contributed by atoms with Gasteiger partial charge in [-0.25, -0.2) is 18.7 Å². The summed E-state index contributed by atoms with van der Waals surface area (Å²) in [4.78, 5) is 25.4. The van der Waals surface area contributed by atoms with E-state index in [0.717, 1.165) is 30.2 Å². The molecule has 1 atom stereocenters. The number of carbonyl (C=O) groups excluding carboxylic acids is 1. The molecule has 3 aliphatic rings. The Bertz CT molecular complexity index is 686. The van der Waals surface area contributed by atoms with Crippen LogP contribution in [0.5, 0.6) is 0 Å². The summed E-state index contributed by atoms with van der Waals surface area (Å²) >= 11 is 0. The van der Waals surface area contributed by atoms with Crippen molar-refractivity contribution in [3.63, 3.8) is 0 Å². The van der Waals surface area contributed by atoms with E-state index in [9.17, 15) is 13.6 Å². The number of carbonyl (C=O) groups is 1. The van der Waals surface area contributed by atoms with Gasteiger partial charge in [0.1, 0.15) is 11.6 Å². The van der Waals surface area contributed by atoms with Crippen LogP contribution in [0.15, 0.2) is 6.07 Å². The number of rotatable bonds is 3. The fourth-order valence-electron chi connectivity index (χ4n) is 3.53. The van der Waals surface area contributed by atoms with E-state index in [1.807, 2.05) is 17.9 Å². The minimum absolute atomic E-state index is 0.0874. The Morgan fingerprint density at radius 1 is 1.23 bits per heavy atom. The molecule has 0 radical (unpaired) electrons. The van der Waals surface area contributed by atoms with E-state index in [1.54, 1.807) is 0 Å². The van der Waals surface area contributed by atoms with E-state index in [0.29, 0.717) is 25.6 Å². The highest BCUT2D eigenvalue weighted by Gasteiger charge is 2.39. The number of ether oxygens (including phenoxy) is 1. The molecular formula is C18H24F2N4O2. The molecule has 142 valence electrons. The van der Waals surface area contributed by atoms with Gasteiger partial charge in [-0.2, -0.15) is 0 Å². The van der Waals surface area contributed by atoms with E-state index in [2.05, 4.69) is 9.97 Å². The summed E-state index contributed by atoms with van der Waals surface area (Å²) in [5.41, 5.74) is 0.921. The number of alkyl halides is 2. The molecule has 1 aromatic rings. The van der Waals surface area contributed by atoms with Gasteiger partial charge in [0.15, 0.2) is 6.10 Å². The van der Waals surface area contributed by atoms with E-state index in [1.165, 1.54) is 4.90 Å². The Morgan fingerprint density at radius 2 is 1.96 bits per heavy atom. The van der Waals surface area contributed by atoms with Crippen LogP contribution in [0.25, 0.3) is 0 Å². The lowest BCUT2D eigenvalue weighted by Gasteiger charge is -2.38. The maximum Gasteiger partial charge on any atom is 0.253 e. The molecule has 4 rings (SSSR count). The molecule has 0 N–H and O–H groups in total. The predicted octanol–water partition coefficient (Wildman–Crippen LogP) is 2.13. The Labute approximate surface area is 151 Å². The van der Waals surface area contributed by atoms with Crippen molar-refractivity contribution in [2.24, 2.45) is 0 Å². The topological polar surface area (TPSA) is 58.6 Å². The van der Waals surface area contributed by atoms with Gasteiger partial charge in [-0.1, -0.05) is 0 Å². The van der Waals surface area contributed by atoms with Crippen molar-refractivity contribution in [2.45, 2.75) is 50.6 Å². The molecule has 0 spiro atoms. The van der Waals surface area contributed by atoms with Crippen LogP contribution in [0.4, 0.5) is 14.6 Å². The number of hydrogen-bond donors (Lipinski definition) is 0. The SMILES string of the molecule is Cc1cc(N2CCOC(C(=O)N3CCC(F)(F)CC3)C2)nc(C2CC2)n1. The first-order valence-electron chi connectivity index (χ1n) is 9.30. The number of aromatic nitrogens is 2. The average molecular weight is 366 g/mol. The molecule has 1 unspecified atom stereocenters. The molecule has 3 fully saturated rings. The number of morpholine rings is 1. The van der Waals surface area contributed by atoms with Gasteiger partial charge in [-0.05, 0) is 19.8 Å². The molecule has 1 saturated carbocycles. The minimum Gasteiger partial charge on any atom is -0.365 e. The standard InChI is InChI=1S/C18H24F2N4O2/c1-12-10-15(22-16(21-12)13-2-3-13)24-8-9-26-14(11-24)17(25)23-6-4-18(19,20)5-7-23/h10,13-14H,2-9,11H2,1H3. The van der Waals surface area contributed by atoms with Crippen molar-refractivity contribution in [1.82, 2.24) is 14.9 Å². The molecule has 0 aromatic carbocycles. The highest BCUT2D eigenvalue weighted by molar-refractivity contribution is 5.82. The summed E-state index contributed by atoms with van der Waals surface area (Å²) in [7, 11) is 0. The van der Waals surface area contributed by atoms with Crippen molar-refractivity contribution < 1.29 is 18.3 Å². The van der Waals surface area contributed by atoms with E-state index < -0.39 is 12.0 Å². The number of anilines is 1. The number of amides is 1. The second kappa shape index (κ2) is 6.72. The van der Waals surface area contributed by atoms with Gasteiger partial charge >= 0.3 is 0 Å². The summed E-state index contributed by atoms with van der Waals surface area (Å²) in [6.45, 7) is 3.60. The Kier molecular flexibility index (Phi) is 4.54. The Balaban J connectivity index is 1.43. The van der Waals surface area contributed by atoms with Crippen molar-refractivity contribution in [3.8, 4) is 0 Å². The molecule has 26 heavy (non-hydrogen) atoms. The van der Waals surface area contributed by atoms with Gasteiger partial charge < -0.3 is 14.5 Å². The molecule has 1 aromatic heterocycles. The van der Waals surface area contributed by atoms with Gasteiger partial charge in [0, 0.05) is 50.2 Å². The number of aryl methyl sites for hydroxylation is 1. The third kappa shape index (κ3) is 3.79. The van der Waals surface area contributed by atoms with Crippen molar-refractivity contribution in [3.05, 3.63) is 17.6 Å². The van der Waals surface area contributed by atoms with Crippen LogP contribution in [0.3, 0.4) is 0 Å². The van der Waals surface area contributed by atoms with Gasteiger partial charge in [0.25, 0.3) is 11.8 Å². The number of piperidine rings is 1. The first-order chi connectivity index (χ1) is 12.4. The lowest BCUT2D eigenvalue weighted by Crippen LogP contribution is -2.53. The normalized spacial score (nSPS) is 26.0. The van der Waals surface area contributed by atoms with E-state index in [-0.39, 0.29) is 31.8 Å². The molecule has 1 amide bonds. The monoisotopic (exact) mass is 366 g/mol. The van der Waals surface area contributed by atoms with Crippen molar-refractivity contribution >= 4 is 11.7 Å². The largest absolute Gasteiger partial charge is 0.365 e. The first-order valence-corrected chi connectivity index (χ1v) is 9.30. The second-order valence-corrected chi connectivity index (χ2v) is 7.49. The zero-order chi connectivity index (χ0) is 18.3. The van der Waals surface area contributed by atoms with Gasteiger partial charge in [-0.15, -0.1) is 0 Å². The van der Waals surface area contributed by atoms with Crippen LogP contribution in [-0.4, -0.2) is 65.6 Å². The molecule has 2 saturated heterocycles. The maximum atomic E-state index is 13.3. The summed E-state index contributed by atoms with van der Waals surface area (Å²) in [6, 6.07) is 1.93. The summed E-state index contributed by atoms with van der Waals surface area (Å²) in [5.74, 6) is -0.688. The molecule has 8 heteroatoms. The Morgan fingerprint density at radius 3 is 2.65 bits per heavy atom. The number of halogens is 2. The highest BCUT2D eigenvalue weighted by Crippen LogP contribution is 2.38. The summed E-state index contributed by atoms with van der Waals surface area (Å²) in [6.07, 6.45) is 1.09. The van der Waals surface area contributed by atoms with Crippen LogP contribution in [0.2, 0.25) is 0 Å². The molecular weight excluding hydrogens is 342 g/mol. The van der Waals surface area contributed by atoms with Gasteiger partial charge in [0.2, 0.25) is 0 Å². The average Bonchev–Trinajstić information content (AvgIpc) is 3.46. The third-order valence-corrected chi connectivity index (χ3v) is 5.27. The van der Waals surface area contributed by atoms with Crippen LogP contribution >= 0.6 is 0 Å². The zero-order valence-corrected chi connectivity index (χ0v) is 15.0. The highest BCUT2D eigenvalue weighted by atomic mass is 19.3. The zero-order valence-electron chi connectivity index (χ0n) is 15.0. The van der Waals surface area contributed by atoms with Crippen LogP contribution in [-0.2, 0) is 9.53 Å². The number of hydrogen-bond acceptors (Lipinski definition) is 5. The third-order valence-electron chi connectivity index (χ3n) is 5.27. The maximum absolute atomic E-state index is 13.3. The number of nitrogens with zero attached hydrogens (tertiary/aromatic N) is 4. The fraction of sp³-hybridized carbons (Fsp3) is 0.722. The van der Waals surface area contributed by atoms with Crippen molar-refractivity contribution in [2.75, 3.05) is 37.7 Å². The lowest BCUT2D eigenvalue weighted by atomic mass is 10.1. The van der Waals surface area contributed by atoms with Crippen LogP contribution < -0.4 is 4.90 Å². The van der Waals surface area contributed by atoms with Crippen LogP contribution in [0.1, 0.15) is 43.1 Å².